The number of H-pyrrole nitrogens is 1. The molecule has 186 valence electrons. The van der Waals surface area contributed by atoms with Crippen molar-refractivity contribution >= 4 is 49.6 Å². The second-order valence-electron chi connectivity index (χ2n) is 8.11. The Hall–Kier alpha value is -2.36. The molecule has 1 unspecified atom stereocenters. The summed E-state index contributed by atoms with van der Waals surface area (Å²) >= 11 is 13.5. The number of nitrogens with zero attached hydrogens (tertiary/aromatic N) is 1. The number of imidazole rings is 1. The zero-order chi connectivity index (χ0) is 25.2. The minimum atomic E-state index is -3.31. The highest BCUT2D eigenvalue weighted by Crippen LogP contribution is 2.42. The molecule has 1 heterocycles. The molecular formula is C25H26Cl2N2O5S. The summed E-state index contributed by atoms with van der Waals surface area (Å²) in [5.41, 5.74) is 3.41. The zero-order valence-electron chi connectivity index (χ0n) is 19.3. The van der Waals surface area contributed by atoms with Crippen LogP contribution in [0.3, 0.4) is 0 Å². The van der Waals surface area contributed by atoms with Crippen LogP contribution in [0.2, 0.25) is 10.0 Å². The van der Waals surface area contributed by atoms with Gasteiger partial charge in [-0.1, -0.05) is 48.3 Å². The van der Waals surface area contributed by atoms with Crippen LogP contribution >= 0.6 is 23.2 Å². The predicted octanol–water partition coefficient (Wildman–Crippen LogP) is 5.47. The summed E-state index contributed by atoms with van der Waals surface area (Å²) in [6.45, 7) is 1.47. The summed E-state index contributed by atoms with van der Waals surface area (Å²) in [6.07, 6.45) is 5.42. The van der Waals surface area contributed by atoms with Gasteiger partial charge in [0.15, 0.2) is 16.6 Å². The van der Waals surface area contributed by atoms with Gasteiger partial charge in [-0.15, -0.1) is 0 Å². The maximum Gasteiger partial charge on any atom is 0.188 e. The maximum atomic E-state index is 12.1. The minimum Gasteiger partial charge on any atom is -0.467 e. The molecule has 0 amide bonds. The van der Waals surface area contributed by atoms with Crippen LogP contribution in [-0.2, 0) is 19.3 Å². The van der Waals surface area contributed by atoms with Gasteiger partial charge in [0.1, 0.15) is 17.1 Å². The van der Waals surface area contributed by atoms with Gasteiger partial charge in [-0.3, -0.25) is 0 Å². The van der Waals surface area contributed by atoms with Gasteiger partial charge in [-0.25, -0.2) is 13.4 Å². The lowest BCUT2D eigenvalue weighted by atomic mass is 9.95. The number of halogens is 2. The molecule has 1 aromatic heterocycles. The molecule has 0 radical (unpaired) electrons. The van der Waals surface area contributed by atoms with Crippen LogP contribution in [0.4, 0.5) is 0 Å². The number of allylic oxidation sites excluding steroid dienone is 3. The molecule has 1 atom stereocenters. The lowest BCUT2D eigenvalue weighted by molar-refractivity contribution is 0.0103. The third-order valence-electron chi connectivity index (χ3n) is 5.98. The lowest BCUT2D eigenvalue weighted by Gasteiger charge is -2.19. The van der Waals surface area contributed by atoms with E-state index in [1.807, 2.05) is 12.2 Å². The SMILES string of the molecule is CCS(=O)(=O)c1ccc(C(CO)c2nc3c(Cl)c(C4=C(OCOC)C=CCC4)c(Cl)cc3[nH]2)cc1. The third kappa shape index (κ3) is 5.13. The standard InChI is InChI=1S/C25H26Cl2N2O5S/c1-3-35(31,32)16-10-8-15(9-11-16)18(13-30)25-28-20-12-19(26)22(23(27)24(20)29-25)17-6-4-5-7-21(17)34-14-33-2/h5,7-12,18,30H,3-4,6,13-14H2,1-2H3,(H,28,29). The van der Waals surface area contributed by atoms with Crippen molar-refractivity contribution in [3.05, 3.63) is 75.2 Å². The van der Waals surface area contributed by atoms with E-state index >= 15 is 0 Å². The third-order valence-corrected chi connectivity index (χ3v) is 8.40. The fraction of sp³-hybridized carbons (Fsp3) is 0.320. The molecule has 3 aromatic rings. The van der Waals surface area contributed by atoms with E-state index in [4.69, 9.17) is 37.7 Å². The van der Waals surface area contributed by atoms with E-state index in [1.54, 1.807) is 44.4 Å². The van der Waals surface area contributed by atoms with Gasteiger partial charge in [0.25, 0.3) is 0 Å². The van der Waals surface area contributed by atoms with E-state index in [9.17, 15) is 13.5 Å². The van der Waals surface area contributed by atoms with Crippen LogP contribution < -0.4 is 0 Å². The van der Waals surface area contributed by atoms with Crippen LogP contribution in [-0.4, -0.2) is 49.8 Å². The van der Waals surface area contributed by atoms with Crippen LogP contribution in [0.15, 0.2) is 53.1 Å². The highest BCUT2D eigenvalue weighted by atomic mass is 35.5. The molecule has 35 heavy (non-hydrogen) atoms. The Morgan fingerprint density at radius 3 is 2.63 bits per heavy atom. The largest absolute Gasteiger partial charge is 0.467 e. The molecule has 2 N–H and O–H groups in total. The number of rotatable bonds is 9. The van der Waals surface area contributed by atoms with Gasteiger partial charge in [0.2, 0.25) is 0 Å². The smallest absolute Gasteiger partial charge is 0.188 e. The number of methoxy groups -OCH3 is 1. The number of hydrogen-bond acceptors (Lipinski definition) is 6. The van der Waals surface area contributed by atoms with Crippen molar-refractivity contribution in [1.29, 1.82) is 0 Å². The van der Waals surface area contributed by atoms with Gasteiger partial charge in [0, 0.05) is 18.2 Å². The molecule has 10 heteroatoms. The van der Waals surface area contributed by atoms with Crippen molar-refractivity contribution in [2.45, 2.75) is 30.6 Å². The van der Waals surface area contributed by atoms with Crippen LogP contribution in [0, 0.1) is 0 Å². The maximum absolute atomic E-state index is 12.1. The van der Waals surface area contributed by atoms with Gasteiger partial charge < -0.3 is 19.6 Å². The number of nitrogens with one attached hydrogen (secondary N) is 1. The van der Waals surface area contributed by atoms with E-state index in [0.717, 1.165) is 17.6 Å². The minimum absolute atomic E-state index is 0.0192. The first-order valence-corrected chi connectivity index (χ1v) is 13.5. The Bertz CT molecular complexity index is 1400. The molecular weight excluding hydrogens is 511 g/mol. The van der Waals surface area contributed by atoms with Gasteiger partial charge >= 0.3 is 0 Å². The van der Waals surface area contributed by atoms with Crippen molar-refractivity contribution in [3.63, 3.8) is 0 Å². The van der Waals surface area contributed by atoms with E-state index < -0.39 is 15.8 Å². The Morgan fingerprint density at radius 1 is 1.23 bits per heavy atom. The molecule has 0 fully saturated rings. The van der Waals surface area contributed by atoms with E-state index in [1.165, 1.54) is 0 Å². The molecule has 0 saturated carbocycles. The molecule has 4 rings (SSSR count). The van der Waals surface area contributed by atoms with Crippen molar-refractivity contribution < 1.29 is 23.0 Å². The summed E-state index contributed by atoms with van der Waals surface area (Å²) in [5, 5.41) is 11.0. The normalized spacial score (nSPS) is 15.1. The first-order valence-electron chi connectivity index (χ1n) is 11.1. The first-order chi connectivity index (χ1) is 16.8. The topological polar surface area (TPSA) is 102 Å². The molecule has 1 aliphatic rings. The fourth-order valence-corrected chi connectivity index (χ4v) is 5.72. The van der Waals surface area contributed by atoms with Gasteiger partial charge in [-0.05, 0) is 42.7 Å². The van der Waals surface area contributed by atoms with Crippen LogP contribution in [0.5, 0.6) is 0 Å². The average molecular weight is 537 g/mol. The highest BCUT2D eigenvalue weighted by Gasteiger charge is 2.24. The molecule has 0 aliphatic heterocycles. The van der Waals surface area contributed by atoms with Crippen LogP contribution in [0.25, 0.3) is 16.6 Å². The second kappa shape index (κ2) is 10.7. The number of benzene rings is 2. The summed E-state index contributed by atoms with van der Waals surface area (Å²) in [7, 11) is -1.76. The lowest BCUT2D eigenvalue weighted by Crippen LogP contribution is -2.09. The predicted molar refractivity (Wildman–Crippen MR) is 137 cm³/mol. The molecule has 0 saturated heterocycles. The number of aliphatic hydroxyl groups excluding tert-OH is 1. The number of aromatic amines is 1. The van der Waals surface area contributed by atoms with E-state index in [0.29, 0.717) is 44.6 Å². The summed E-state index contributed by atoms with van der Waals surface area (Å²) in [6, 6.07) is 8.24. The number of sulfone groups is 1. The van der Waals surface area contributed by atoms with Crippen molar-refractivity contribution in [1.82, 2.24) is 9.97 Å². The molecule has 7 nitrogen and oxygen atoms in total. The van der Waals surface area contributed by atoms with Crippen molar-refractivity contribution in [2.75, 3.05) is 26.3 Å². The number of aromatic nitrogens is 2. The first kappa shape index (κ1) is 25.7. The summed E-state index contributed by atoms with van der Waals surface area (Å²) in [4.78, 5) is 8.16. The Morgan fingerprint density at radius 2 is 1.97 bits per heavy atom. The quantitative estimate of drug-likeness (QED) is 0.351. The summed E-state index contributed by atoms with van der Waals surface area (Å²) in [5.74, 6) is 0.659. The summed E-state index contributed by atoms with van der Waals surface area (Å²) < 4.78 is 35.0. The van der Waals surface area contributed by atoms with Crippen molar-refractivity contribution in [3.8, 4) is 0 Å². The molecule has 1 aliphatic carbocycles. The number of fused-ring (bicyclic) bond motifs is 1. The molecule has 0 spiro atoms. The van der Waals surface area contributed by atoms with E-state index in [2.05, 4.69) is 4.98 Å². The monoisotopic (exact) mass is 536 g/mol. The Balaban J connectivity index is 1.76. The number of aliphatic hydroxyl groups is 1. The number of ether oxygens (including phenoxy) is 2. The van der Waals surface area contributed by atoms with Gasteiger partial charge in [-0.2, -0.15) is 0 Å². The zero-order valence-corrected chi connectivity index (χ0v) is 21.7. The Kier molecular flexibility index (Phi) is 7.88. The average Bonchev–Trinajstić information content (AvgIpc) is 3.28. The fourth-order valence-electron chi connectivity index (χ4n) is 4.11. The highest BCUT2D eigenvalue weighted by molar-refractivity contribution is 7.91. The Labute approximate surface area is 214 Å². The number of hydrogen-bond donors (Lipinski definition) is 2. The van der Waals surface area contributed by atoms with E-state index in [-0.39, 0.29) is 24.0 Å². The van der Waals surface area contributed by atoms with Crippen molar-refractivity contribution in [2.24, 2.45) is 0 Å². The molecule has 2 aromatic carbocycles. The van der Waals surface area contributed by atoms with Gasteiger partial charge in [0.05, 0.1) is 38.7 Å². The second-order valence-corrected chi connectivity index (χ2v) is 11.2. The van der Waals surface area contributed by atoms with Crippen LogP contribution in [0.1, 0.15) is 42.6 Å². The molecule has 0 bridgehead atoms.